The second-order valence-electron chi connectivity index (χ2n) is 4.56. The van der Waals surface area contributed by atoms with E-state index in [-0.39, 0.29) is 6.04 Å². The zero-order valence-corrected chi connectivity index (χ0v) is 14.3. The van der Waals surface area contributed by atoms with Gasteiger partial charge in [0.05, 0.1) is 11.6 Å². The molecular formula is C16H12BrIN2. The smallest absolute Gasteiger partial charge is 0.0705 e. The second-order valence-corrected chi connectivity index (χ2v) is 6.64. The van der Waals surface area contributed by atoms with Gasteiger partial charge in [-0.05, 0) is 64.0 Å². The van der Waals surface area contributed by atoms with Crippen molar-refractivity contribution in [3.63, 3.8) is 0 Å². The van der Waals surface area contributed by atoms with E-state index in [1.807, 2.05) is 24.3 Å². The predicted molar refractivity (Wildman–Crippen MR) is 94.6 cm³/mol. The van der Waals surface area contributed by atoms with Crippen LogP contribution in [0.15, 0.2) is 59.2 Å². The quantitative estimate of drug-likeness (QED) is 0.591. The summed E-state index contributed by atoms with van der Waals surface area (Å²) >= 11 is 5.84. The summed E-state index contributed by atoms with van der Waals surface area (Å²) in [7, 11) is 0. The molecule has 1 aromatic heterocycles. The molecule has 0 amide bonds. The molecule has 0 fully saturated rings. The molecule has 3 rings (SSSR count). The van der Waals surface area contributed by atoms with Crippen molar-refractivity contribution in [2.45, 2.75) is 6.04 Å². The van der Waals surface area contributed by atoms with Crippen LogP contribution in [0.2, 0.25) is 0 Å². The third kappa shape index (κ3) is 2.60. The van der Waals surface area contributed by atoms with Gasteiger partial charge in [-0.25, -0.2) is 0 Å². The van der Waals surface area contributed by atoms with Crippen LogP contribution in [0.1, 0.15) is 17.2 Å². The topological polar surface area (TPSA) is 38.9 Å². The maximum Gasteiger partial charge on any atom is 0.0705 e. The maximum absolute atomic E-state index is 6.50. The molecule has 0 aliphatic heterocycles. The minimum Gasteiger partial charge on any atom is -0.320 e. The van der Waals surface area contributed by atoms with Gasteiger partial charge in [-0.1, -0.05) is 34.1 Å². The molecule has 0 spiro atoms. The molecule has 0 saturated heterocycles. The van der Waals surface area contributed by atoms with Gasteiger partial charge in [-0.3, -0.25) is 4.98 Å². The van der Waals surface area contributed by atoms with E-state index in [9.17, 15) is 0 Å². The SMILES string of the molecule is NC(c1cc(Br)ccc1I)c1cccc2ncccc12. The van der Waals surface area contributed by atoms with E-state index < -0.39 is 0 Å². The molecule has 0 saturated carbocycles. The zero-order chi connectivity index (χ0) is 14.1. The van der Waals surface area contributed by atoms with Crippen LogP contribution < -0.4 is 5.73 Å². The van der Waals surface area contributed by atoms with Crippen LogP contribution in [0.4, 0.5) is 0 Å². The van der Waals surface area contributed by atoms with Crippen LogP contribution in [-0.4, -0.2) is 4.98 Å². The number of nitrogens with zero attached hydrogens (tertiary/aromatic N) is 1. The van der Waals surface area contributed by atoms with Crippen molar-refractivity contribution in [1.82, 2.24) is 4.98 Å². The number of rotatable bonds is 2. The van der Waals surface area contributed by atoms with Crippen molar-refractivity contribution < 1.29 is 0 Å². The summed E-state index contributed by atoms with van der Waals surface area (Å²) in [5.74, 6) is 0. The lowest BCUT2D eigenvalue weighted by Gasteiger charge is -2.17. The number of fused-ring (bicyclic) bond motifs is 1. The van der Waals surface area contributed by atoms with Gasteiger partial charge in [0, 0.05) is 19.6 Å². The fourth-order valence-corrected chi connectivity index (χ4v) is 3.37. The molecule has 4 heteroatoms. The van der Waals surface area contributed by atoms with E-state index in [1.54, 1.807) is 6.20 Å². The van der Waals surface area contributed by atoms with Crippen molar-refractivity contribution in [3.8, 4) is 0 Å². The van der Waals surface area contributed by atoms with Crippen molar-refractivity contribution >= 4 is 49.4 Å². The first-order chi connectivity index (χ1) is 9.66. The molecule has 0 radical (unpaired) electrons. The average molecular weight is 439 g/mol. The third-order valence-corrected chi connectivity index (χ3v) is 4.78. The number of pyridine rings is 1. The predicted octanol–water partition coefficient (Wildman–Crippen LogP) is 4.65. The van der Waals surface area contributed by atoms with Crippen molar-refractivity contribution in [1.29, 1.82) is 0 Å². The monoisotopic (exact) mass is 438 g/mol. The highest BCUT2D eigenvalue weighted by atomic mass is 127. The van der Waals surface area contributed by atoms with E-state index in [1.165, 1.54) is 3.57 Å². The van der Waals surface area contributed by atoms with Gasteiger partial charge in [0.2, 0.25) is 0 Å². The standard InChI is InChI=1S/C16H12BrIN2/c17-10-6-7-14(18)13(9-10)16(19)12-3-1-5-15-11(12)4-2-8-20-15/h1-9,16H,19H2. The maximum atomic E-state index is 6.50. The molecule has 0 aliphatic rings. The van der Waals surface area contributed by atoms with Gasteiger partial charge in [0.15, 0.2) is 0 Å². The Morgan fingerprint density at radius 3 is 2.75 bits per heavy atom. The minimum atomic E-state index is -0.160. The van der Waals surface area contributed by atoms with Gasteiger partial charge < -0.3 is 5.73 Å². The van der Waals surface area contributed by atoms with Gasteiger partial charge in [-0.15, -0.1) is 0 Å². The Labute approximate surface area is 139 Å². The molecule has 2 aromatic carbocycles. The molecule has 2 nitrogen and oxygen atoms in total. The van der Waals surface area contributed by atoms with Gasteiger partial charge >= 0.3 is 0 Å². The Bertz CT molecular complexity index is 768. The number of aromatic nitrogens is 1. The highest BCUT2D eigenvalue weighted by Gasteiger charge is 2.15. The fraction of sp³-hybridized carbons (Fsp3) is 0.0625. The molecule has 1 atom stereocenters. The molecular weight excluding hydrogens is 427 g/mol. The Morgan fingerprint density at radius 2 is 1.90 bits per heavy atom. The average Bonchev–Trinajstić information content (AvgIpc) is 2.48. The number of benzene rings is 2. The number of hydrogen-bond donors (Lipinski definition) is 1. The summed E-state index contributed by atoms with van der Waals surface area (Å²) in [6.45, 7) is 0. The summed E-state index contributed by atoms with van der Waals surface area (Å²) in [5, 5.41) is 1.11. The summed E-state index contributed by atoms with van der Waals surface area (Å²) in [5.41, 5.74) is 9.70. The Morgan fingerprint density at radius 1 is 1.05 bits per heavy atom. The van der Waals surface area contributed by atoms with Gasteiger partial charge in [0.1, 0.15) is 0 Å². The lowest BCUT2D eigenvalue weighted by atomic mass is 9.96. The largest absolute Gasteiger partial charge is 0.320 e. The second kappa shape index (κ2) is 5.79. The summed E-state index contributed by atoms with van der Waals surface area (Å²) in [6, 6.07) is 16.1. The highest BCUT2D eigenvalue weighted by Crippen LogP contribution is 2.30. The lowest BCUT2D eigenvalue weighted by molar-refractivity contribution is 0.873. The Hall–Kier alpha value is -0.980. The lowest BCUT2D eigenvalue weighted by Crippen LogP contribution is -2.14. The van der Waals surface area contributed by atoms with E-state index in [0.717, 1.165) is 26.5 Å². The van der Waals surface area contributed by atoms with Crippen LogP contribution in [0.25, 0.3) is 10.9 Å². The molecule has 20 heavy (non-hydrogen) atoms. The molecule has 0 aliphatic carbocycles. The summed E-state index contributed by atoms with van der Waals surface area (Å²) in [4.78, 5) is 4.39. The van der Waals surface area contributed by atoms with E-state index in [2.05, 4.69) is 67.8 Å². The number of halogens is 2. The van der Waals surface area contributed by atoms with Crippen LogP contribution in [0, 0.1) is 3.57 Å². The van der Waals surface area contributed by atoms with Crippen molar-refractivity contribution in [2.75, 3.05) is 0 Å². The van der Waals surface area contributed by atoms with Crippen LogP contribution in [-0.2, 0) is 0 Å². The van der Waals surface area contributed by atoms with Crippen LogP contribution in [0.3, 0.4) is 0 Å². The minimum absolute atomic E-state index is 0.160. The first-order valence-electron chi connectivity index (χ1n) is 6.21. The van der Waals surface area contributed by atoms with Crippen molar-refractivity contribution in [3.05, 3.63) is 73.9 Å². The first-order valence-corrected chi connectivity index (χ1v) is 8.08. The van der Waals surface area contributed by atoms with E-state index in [4.69, 9.17) is 5.73 Å². The summed E-state index contributed by atoms with van der Waals surface area (Å²) in [6.07, 6.45) is 1.81. The number of nitrogens with two attached hydrogens (primary N) is 1. The summed E-state index contributed by atoms with van der Waals surface area (Å²) < 4.78 is 2.21. The third-order valence-electron chi connectivity index (χ3n) is 3.31. The molecule has 100 valence electrons. The Balaban J connectivity index is 2.17. The molecule has 2 N–H and O–H groups in total. The Kier molecular flexibility index (Phi) is 4.05. The van der Waals surface area contributed by atoms with Crippen molar-refractivity contribution in [2.24, 2.45) is 5.73 Å². The molecule has 0 bridgehead atoms. The normalized spacial score (nSPS) is 12.6. The highest BCUT2D eigenvalue weighted by molar-refractivity contribution is 14.1. The zero-order valence-electron chi connectivity index (χ0n) is 10.6. The first kappa shape index (κ1) is 14.0. The van der Waals surface area contributed by atoms with Crippen LogP contribution in [0.5, 0.6) is 0 Å². The van der Waals surface area contributed by atoms with E-state index in [0.29, 0.717) is 0 Å². The van der Waals surface area contributed by atoms with Crippen LogP contribution >= 0.6 is 38.5 Å². The molecule has 1 unspecified atom stereocenters. The molecule has 3 aromatic rings. The van der Waals surface area contributed by atoms with E-state index >= 15 is 0 Å². The van der Waals surface area contributed by atoms with Gasteiger partial charge in [0.25, 0.3) is 0 Å². The number of hydrogen-bond acceptors (Lipinski definition) is 2. The fourth-order valence-electron chi connectivity index (χ4n) is 2.32. The molecule has 1 heterocycles. The van der Waals surface area contributed by atoms with Gasteiger partial charge in [-0.2, -0.15) is 0 Å².